The molecule has 2 aliphatic heterocycles. The smallest absolute Gasteiger partial charge is 0.251 e. The number of rotatable bonds is 6. The van der Waals surface area contributed by atoms with Crippen molar-refractivity contribution in [2.75, 3.05) is 32.0 Å². The Morgan fingerprint density at radius 3 is 2.71 bits per heavy atom. The van der Waals surface area contributed by atoms with Crippen LogP contribution in [0.25, 0.3) is 11.0 Å². The van der Waals surface area contributed by atoms with Crippen LogP contribution in [0.5, 0.6) is 11.5 Å². The fourth-order valence-electron chi connectivity index (χ4n) is 4.58. The second kappa shape index (κ2) is 10.4. The third-order valence-corrected chi connectivity index (χ3v) is 8.81. The lowest BCUT2D eigenvalue weighted by molar-refractivity contribution is -0.140. The first kappa shape index (κ1) is 24.4. The number of fused-ring (bicyclic) bond motifs is 2. The normalized spacial score (nSPS) is 17.1. The van der Waals surface area contributed by atoms with Crippen LogP contribution < -0.4 is 15.2 Å². The second-order valence-corrected chi connectivity index (χ2v) is 11.0. The molecule has 0 radical (unpaired) electrons. The highest BCUT2D eigenvalue weighted by Crippen LogP contribution is 2.41. The average molecular weight is 609 g/mol. The largest absolute Gasteiger partial charge is 0.486 e. The Kier molecular flexibility index (Phi) is 7.26. The number of carbonyl (C=O) groups is 1. The molecule has 4 heterocycles. The van der Waals surface area contributed by atoms with Gasteiger partial charge in [-0.3, -0.25) is 4.79 Å². The molecule has 1 aromatic carbocycles. The monoisotopic (exact) mass is 609 g/mol. The van der Waals surface area contributed by atoms with Gasteiger partial charge < -0.3 is 29.8 Å². The Balaban J connectivity index is 1.36. The fourth-order valence-corrected chi connectivity index (χ4v) is 6.31. The molecule has 0 saturated carbocycles. The Labute approximate surface area is 221 Å². The molecule has 0 unspecified atom stereocenters. The number of anilines is 1. The van der Waals surface area contributed by atoms with E-state index in [1.54, 1.807) is 22.9 Å². The van der Waals surface area contributed by atoms with Crippen LogP contribution in [0.2, 0.25) is 0 Å². The van der Waals surface area contributed by atoms with E-state index < -0.39 is 6.10 Å². The molecule has 11 heteroatoms. The highest BCUT2D eigenvalue weighted by molar-refractivity contribution is 14.1. The number of nitrogen functional groups attached to an aromatic ring is 1. The maximum Gasteiger partial charge on any atom is 0.251 e. The molecule has 2 aliphatic rings. The molecule has 1 fully saturated rings. The number of benzene rings is 1. The summed E-state index contributed by atoms with van der Waals surface area (Å²) in [6, 6.07) is 5.98. The SMILES string of the molecule is C[C@H](O)C(=O)N1CCC(CCn2c(Sc3cc4c(cc3I)OCCO4)nc3c(N)nccc32)CC1. The van der Waals surface area contributed by atoms with Crippen molar-refractivity contribution in [3.8, 4) is 11.5 Å². The fraction of sp³-hybridized carbons (Fsp3) is 0.458. The number of aliphatic hydroxyl groups is 1. The molecule has 5 rings (SSSR count). The van der Waals surface area contributed by atoms with E-state index in [2.05, 4.69) is 32.1 Å². The predicted molar refractivity (Wildman–Crippen MR) is 142 cm³/mol. The van der Waals surface area contributed by atoms with Gasteiger partial charge in [0.15, 0.2) is 22.5 Å². The highest BCUT2D eigenvalue weighted by atomic mass is 127. The third-order valence-electron chi connectivity index (χ3n) is 6.50. The van der Waals surface area contributed by atoms with Crippen LogP contribution in [0.4, 0.5) is 5.82 Å². The summed E-state index contributed by atoms with van der Waals surface area (Å²) in [4.78, 5) is 24.0. The number of aromatic nitrogens is 3. The minimum absolute atomic E-state index is 0.181. The molecular formula is C24H28IN5O4S. The van der Waals surface area contributed by atoms with Gasteiger partial charge >= 0.3 is 0 Å². The Hall–Kier alpha value is -2.25. The van der Waals surface area contributed by atoms with Crippen LogP contribution in [0.1, 0.15) is 26.2 Å². The van der Waals surface area contributed by atoms with Gasteiger partial charge in [0.25, 0.3) is 5.91 Å². The maximum atomic E-state index is 12.1. The molecule has 0 bridgehead atoms. The van der Waals surface area contributed by atoms with Gasteiger partial charge in [-0.15, -0.1) is 0 Å². The van der Waals surface area contributed by atoms with E-state index in [1.165, 1.54) is 6.92 Å². The number of amides is 1. The number of halogens is 1. The van der Waals surface area contributed by atoms with Crippen LogP contribution in [-0.4, -0.2) is 62.9 Å². The van der Waals surface area contributed by atoms with Gasteiger partial charge in [0.1, 0.15) is 24.8 Å². The summed E-state index contributed by atoms with van der Waals surface area (Å²) in [6.07, 6.45) is 3.61. The van der Waals surface area contributed by atoms with Crippen molar-refractivity contribution in [2.45, 2.75) is 48.9 Å². The maximum absolute atomic E-state index is 12.1. The minimum Gasteiger partial charge on any atom is -0.486 e. The molecule has 2 aromatic heterocycles. The van der Waals surface area contributed by atoms with Crippen LogP contribution in [0.15, 0.2) is 34.4 Å². The molecule has 1 saturated heterocycles. The summed E-state index contributed by atoms with van der Waals surface area (Å²) in [6.45, 7) is 4.79. The van der Waals surface area contributed by atoms with Crippen molar-refractivity contribution in [1.29, 1.82) is 0 Å². The van der Waals surface area contributed by atoms with Crippen molar-refractivity contribution < 1.29 is 19.4 Å². The van der Waals surface area contributed by atoms with Crippen LogP contribution >= 0.6 is 34.4 Å². The number of hydrogen-bond acceptors (Lipinski definition) is 8. The van der Waals surface area contributed by atoms with E-state index >= 15 is 0 Å². The molecule has 0 spiro atoms. The van der Waals surface area contributed by atoms with Crippen LogP contribution in [0, 0.1) is 9.49 Å². The lowest BCUT2D eigenvalue weighted by atomic mass is 9.93. The number of imidazole rings is 1. The Bertz CT molecular complexity index is 1240. The van der Waals surface area contributed by atoms with Gasteiger partial charge in [-0.1, -0.05) is 11.8 Å². The van der Waals surface area contributed by atoms with Gasteiger partial charge in [-0.05, 0) is 72.9 Å². The number of nitrogens with two attached hydrogens (primary N) is 1. The van der Waals surface area contributed by atoms with E-state index in [0.717, 1.165) is 56.4 Å². The number of carbonyl (C=O) groups excluding carboxylic acids is 1. The first-order valence-corrected chi connectivity index (χ1v) is 13.6. The van der Waals surface area contributed by atoms with Crippen LogP contribution in [0.3, 0.4) is 0 Å². The van der Waals surface area contributed by atoms with Gasteiger partial charge in [0.05, 0.1) is 5.52 Å². The number of nitrogens with zero attached hydrogens (tertiary/aromatic N) is 4. The van der Waals surface area contributed by atoms with E-state index in [4.69, 9.17) is 20.2 Å². The van der Waals surface area contributed by atoms with E-state index in [0.29, 0.717) is 43.6 Å². The summed E-state index contributed by atoms with van der Waals surface area (Å²) < 4.78 is 14.8. The topological polar surface area (TPSA) is 116 Å². The number of ether oxygens (including phenoxy) is 2. The molecule has 186 valence electrons. The minimum atomic E-state index is -0.939. The molecule has 1 amide bonds. The molecule has 3 N–H and O–H groups in total. The van der Waals surface area contributed by atoms with Crippen molar-refractivity contribution in [3.63, 3.8) is 0 Å². The zero-order valence-electron chi connectivity index (χ0n) is 19.4. The van der Waals surface area contributed by atoms with Gasteiger partial charge in [0.2, 0.25) is 0 Å². The number of pyridine rings is 1. The van der Waals surface area contributed by atoms with Crippen molar-refractivity contribution >= 4 is 57.1 Å². The summed E-state index contributed by atoms with van der Waals surface area (Å²) in [5.41, 5.74) is 7.84. The van der Waals surface area contributed by atoms with E-state index in [-0.39, 0.29) is 5.91 Å². The summed E-state index contributed by atoms with van der Waals surface area (Å²) in [5.74, 6) is 2.26. The molecule has 3 aromatic rings. The zero-order valence-corrected chi connectivity index (χ0v) is 22.4. The van der Waals surface area contributed by atoms with Crippen molar-refractivity contribution in [3.05, 3.63) is 28.0 Å². The Morgan fingerprint density at radius 2 is 2.00 bits per heavy atom. The van der Waals surface area contributed by atoms with Gasteiger partial charge in [-0.2, -0.15) is 0 Å². The number of aliphatic hydroxyl groups excluding tert-OH is 1. The van der Waals surface area contributed by atoms with Crippen LogP contribution in [-0.2, 0) is 11.3 Å². The highest BCUT2D eigenvalue weighted by Gasteiger charge is 2.26. The predicted octanol–water partition coefficient (Wildman–Crippen LogP) is 3.55. The number of hydrogen-bond donors (Lipinski definition) is 2. The Morgan fingerprint density at radius 1 is 1.29 bits per heavy atom. The van der Waals surface area contributed by atoms with Crippen molar-refractivity contribution in [1.82, 2.24) is 19.4 Å². The molecular weight excluding hydrogens is 581 g/mol. The standard InChI is InChI=1S/C24H28IN5O4S/c1-14(31)23(32)29-7-3-15(4-8-29)5-9-30-17-2-6-27-22(26)21(17)28-24(30)35-20-13-19-18(12-16(20)25)33-10-11-34-19/h2,6,12-15,31H,3-5,7-11H2,1H3,(H2,26,27)/t14-/m0/s1. The van der Waals surface area contributed by atoms with E-state index in [1.807, 2.05) is 18.2 Å². The summed E-state index contributed by atoms with van der Waals surface area (Å²) >= 11 is 3.90. The third kappa shape index (κ3) is 5.17. The summed E-state index contributed by atoms with van der Waals surface area (Å²) in [7, 11) is 0. The first-order chi connectivity index (χ1) is 16.9. The molecule has 0 aliphatic carbocycles. The lowest BCUT2D eigenvalue weighted by Crippen LogP contribution is -2.43. The second-order valence-electron chi connectivity index (χ2n) is 8.87. The average Bonchev–Trinajstić information content (AvgIpc) is 3.21. The van der Waals surface area contributed by atoms with Gasteiger partial charge in [-0.25, -0.2) is 9.97 Å². The first-order valence-electron chi connectivity index (χ1n) is 11.7. The zero-order chi connectivity index (χ0) is 24.5. The number of piperidine rings is 1. The molecule has 35 heavy (non-hydrogen) atoms. The quantitative estimate of drug-likeness (QED) is 0.408. The lowest BCUT2D eigenvalue weighted by Gasteiger charge is -2.33. The molecule has 1 atom stereocenters. The molecule has 9 nitrogen and oxygen atoms in total. The summed E-state index contributed by atoms with van der Waals surface area (Å²) in [5, 5.41) is 10.4. The number of likely N-dealkylation sites (tertiary alicyclic amines) is 1. The van der Waals surface area contributed by atoms with Gasteiger partial charge in [0, 0.05) is 34.3 Å². The number of aryl methyl sites for hydroxylation is 1. The van der Waals surface area contributed by atoms with E-state index in [9.17, 15) is 9.90 Å². The van der Waals surface area contributed by atoms with Crippen molar-refractivity contribution in [2.24, 2.45) is 5.92 Å².